The molecule has 3 N–H and O–H groups in total. The van der Waals surface area contributed by atoms with Crippen LogP contribution in [0, 0.1) is 11.2 Å². The molecule has 1 aliphatic heterocycles. The molecule has 1 atom stereocenters. The van der Waals surface area contributed by atoms with Gasteiger partial charge < -0.3 is 10.6 Å². The van der Waals surface area contributed by atoms with E-state index in [-0.39, 0.29) is 17.4 Å². The van der Waals surface area contributed by atoms with Crippen molar-refractivity contribution in [2.45, 2.75) is 19.4 Å². The molecule has 1 aromatic heterocycles. The third-order valence-corrected chi connectivity index (χ3v) is 4.84. The molecule has 0 saturated heterocycles. The molecule has 0 saturated carbocycles. The maximum Gasteiger partial charge on any atom is 0.136 e. The van der Waals surface area contributed by atoms with Gasteiger partial charge in [0.25, 0.3) is 0 Å². The molecule has 0 bridgehead atoms. The Labute approximate surface area is 121 Å². The van der Waals surface area contributed by atoms with E-state index in [0.29, 0.717) is 5.69 Å². The van der Waals surface area contributed by atoms with Crippen LogP contribution < -0.4 is 10.6 Å². The summed E-state index contributed by atoms with van der Waals surface area (Å²) >= 11 is 1.77. The van der Waals surface area contributed by atoms with Gasteiger partial charge in [0.1, 0.15) is 11.7 Å². The number of nitrogens with one attached hydrogen (secondary N) is 1. The first-order valence-electron chi connectivity index (χ1n) is 6.55. The van der Waals surface area contributed by atoms with Crippen LogP contribution in [-0.2, 0) is 6.42 Å². The van der Waals surface area contributed by atoms with Crippen molar-refractivity contribution < 1.29 is 4.39 Å². The molecule has 1 unspecified atom stereocenters. The Bertz CT molecular complexity index is 665. The molecule has 2 heterocycles. The van der Waals surface area contributed by atoms with Gasteiger partial charge in [-0.05, 0) is 42.5 Å². The highest BCUT2D eigenvalue weighted by atomic mass is 32.1. The van der Waals surface area contributed by atoms with Crippen LogP contribution in [0.3, 0.4) is 0 Å². The van der Waals surface area contributed by atoms with Crippen molar-refractivity contribution in [3.05, 3.63) is 51.5 Å². The highest BCUT2D eigenvalue weighted by molar-refractivity contribution is 7.10. The Kier molecular flexibility index (Phi) is 3.22. The Morgan fingerprint density at radius 1 is 1.45 bits per heavy atom. The van der Waals surface area contributed by atoms with E-state index < -0.39 is 5.82 Å². The Morgan fingerprint density at radius 2 is 2.25 bits per heavy atom. The summed E-state index contributed by atoms with van der Waals surface area (Å²) in [6.07, 6.45) is 0.950. The van der Waals surface area contributed by atoms with Crippen LogP contribution >= 0.6 is 11.3 Å². The highest BCUT2D eigenvalue weighted by Crippen LogP contribution is 2.37. The van der Waals surface area contributed by atoms with Gasteiger partial charge in [-0.3, -0.25) is 5.41 Å². The summed E-state index contributed by atoms with van der Waals surface area (Å²) < 4.78 is 14.0. The molecule has 3 nitrogen and oxygen atoms in total. The van der Waals surface area contributed by atoms with Crippen molar-refractivity contribution >= 4 is 22.9 Å². The number of nitrogens with two attached hydrogens (primary N) is 1. The molecule has 5 heteroatoms. The SMILES string of the molecule is CC1c2ccsc2CCN1c1cccc(F)c1C(=N)N. The summed E-state index contributed by atoms with van der Waals surface area (Å²) in [6.45, 7) is 2.93. The first-order valence-corrected chi connectivity index (χ1v) is 7.43. The molecule has 2 aromatic rings. The average Bonchev–Trinajstić information content (AvgIpc) is 2.87. The van der Waals surface area contributed by atoms with Gasteiger partial charge in [-0.15, -0.1) is 11.3 Å². The van der Waals surface area contributed by atoms with Crippen LogP contribution in [0.1, 0.15) is 29.0 Å². The summed E-state index contributed by atoms with van der Waals surface area (Å²) in [5.41, 5.74) is 7.77. The van der Waals surface area contributed by atoms with Crippen molar-refractivity contribution in [2.75, 3.05) is 11.4 Å². The fourth-order valence-corrected chi connectivity index (χ4v) is 3.82. The topological polar surface area (TPSA) is 53.1 Å². The zero-order valence-electron chi connectivity index (χ0n) is 11.2. The number of anilines is 1. The van der Waals surface area contributed by atoms with Crippen LogP contribution in [0.4, 0.5) is 10.1 Å². The van der Waals surface area contributed by atoms with Crippen LogP contribution in [0.2, 0.25) is 0 Å². The zero-order chi connectivity index (χ0) is 14.3. The number of benzene rings is 1. The fourth-order valence-electron chi connectivity index (χ4n) is 2.86. The van der Waals surface area contributed by atoms with Crippen molar-refractivity contribution in [1.82, 2.24) is 0 Å². The van der Waals surface area contributed by atoms with Gasteiger partial charge in [-0.25, -0.2) is 4.39 Å². The second-order valence-corrected chi connectivity index (χ2v) is 5.97. The molecule has 0 radical (unpaired) electrons. The number of rotatable bonds is 2. The minimum atomic E-state index is -0.432. The van der Waals surface area contributed by atoms with Gasteiger partial charge >= 0.3 is 0 Å². The number of nitrogens with zero attached hydrogens (tertiary/aromatic N) is 1. The second kappa shape index (κ2) is 4.90. The highest BCUT2D eigenvalue weighted by Gasteiger charge is 2.27. The van der Waals surface area contributed by atoms with E-state index in [0.717, 1.165) is 13.0 Å². The maximum atomic E-state index is 14.0. The van der Waals surface area contributed by atoms with Gasteiger partial charge in [0.05, 0.1) is 17.3 Å². The minimum Gasteiger partial charge on any atom is -0.384 e. The molecule has 1 aliphatic rings. The van der Waals surface area contributed by atoms with E-state index in [9.17, 15) is 4.39 Å². The lowest BCUT2D eigenvalue weighted by Crippen LogP contribution is -2.35. The molecule has 1 aromatic carbocycles. The third kappa shape index (κ3) is 1.98. The molecule has 0 amide bonds. The van der Waals surface area contributed by atoms with Crippen LogP contribution in [0.15, 0.2) is 29.6 Å². The zero-order valence-corrected chi connectivity index (χ0v) is 12.0. The van der Waals surface area contributed by atoms with Crippen LogP contribution in [0.25, 0.3) is 0 Å². The number of hydrogen-bond donors (Lipinski definition) is 2. The number of halogens is 1. The van der Waals surface area contributed by atoms with Gasteiger partial charge in [-0.2, -0.15) is 0 Å². The average molecular weight is 289 g/mol. The number of fused-ring (bicyclic) bond motifs is 1. The van der Waals surface area contributed by atoms with E-state index in [1.54, 1.807) is 17.4 Å². The van der Waals surface area contributed by atoms with E-state index in [1.807, 2.05) is 6.07 Å². The number of amidine groups is 1. The summed E-state index contributed by atoms with van der Waals surface area (Å²) in [6, 6.07) is 7.17. The van der Waals surface area contributed by atoms with E-state index in [1.165, 1.54) is 16.5 Å². The maximum absolute atomic E-state index is 14.0. The minimum absolute atomic E-state index is 0.171. The second-order valence-electron chi connectivity index (χ2n) is 4.97. The van der Waals surface area contributed by atoms with E-state index in [4.69, 9.17) is 11.1 Å². The van der Waals surface area contributed by atoms with Crippen molar-refractivity contribution in [2.24, 2.45) is 5.73 Å². The van der Waals surface area contributed by atoms with Crippen molar-refractivity contribution in [3.63, 3.8) is 0 Å². The van der Waals surface area contributed by atoms with E-state index >= 15 is 0 Å². The van der Waals surface area contributed by atoms with Gasteiger partial charge in [-0.1, -0.05) is 6.07 Å². The smallest absolute Gasteiger partial charge is 0.136 e. The summed E-state index contributed by atoms with van der Waals surface area (Å²) in [5.74, 6) is -0.653. The number of thiophene rings is 1. The molecule has 104 valence electrons. The molecule has 20 heavy (non-hydrogen) atoms. The van der Waals surface area contributed by atoms with Gasteiger partial charge in [0, 0.05) is 11.4 Å². The Hall–Kier alpha value is -1.88. The molecular weight excluding hydrogens is 273 g/mol. The molecule has 0 fully saturated rings. The lowest BCUT2D eigenvalue weighted by Gasteiger charge is -2.36. The standard InChI is InChI=1S/C15H16FN3S/c1-9-10-6-8-20-13(10)5-7-19(9)12-4-2-3-11(16)14(12)15(17)18/h2-4,6,8-9H,5,7H2,1H3,(H3,17,18). The van der Waals surface area contributed by atoms with E-state index in [2.05, 4.69) is 23.3 Å². The molecule has 0 aliphatic carbocycles. The first-order chi connectivity index (χ1) is 9.59. The lowest BCUT2D eigenvalue weighted by molar-refractivity contribution is 0.609. The third-order valence-electron chi connectivity index (χ3n) is 3.85. The number of nitrogen functional groups attached to an aromatic ring is 1. The Balaban J connectivity index is 2.07. The van der Waals surface area contributed by atoms with Crippen LogP contribution in [-0.4, -0.2) is 12.4 Å². The van der Waals surface area contributed by atoms with Crippen molar-refractivity contribution in [3.8, 4) is 0 Å². The number of hydrogen-bond acceptors (Lipinski definition) is 3. The predicted octanol–water partition coefficient (Wildman–Crippen LogP) is 3.29. The summed E-state index contributed by atoms with van der Waals surface area (Å²) in [7, 11) is 0. The molecule has 0 spiro atoms. The molecule has 3 rings (SSSR count). The van der Waals surface area contributed by atoms with Crippen LogP contribution in [0.5, 0.6) is 0 Å². The first kappa shape index (κ1) is 13.1. The summed E-state index contributed by atoms with van der Waals surface area (Å²) in [5, 5.41) is 9.73. The summed E-state index contributed by atoms with van der Waals surface area (Å²) in [4.78, 5) is 3.53. The van der Waals surface area contributed by atoms with Gasteiger partial charge in [0.15, 0.2) is 0 Å². The largest absolute Gasteiger partial charge is 0.384 e. The van der Waals surface area contributed by atoms with Crippen molar-refractivity contribution in [1.29, 1.82) is 5.41 Å². The predicted molar refractivity (Wildman–Crippen MR) is 81.2 cm³/mol. The Morgan fingerprint density at radius 3 is 3.00 bits per heavy atom. The normalized spacial score (nSPS) is 17.9. The lowest BCUT2D eigenvalue weighted by atomic mass is 9.99. The quantitative estimate of drug-likeness (QED) is 0.658. The fraction of sp³-hybridized carbons (Fsp3) is 0.267. The van der Waals surface area contributed by atoms with Gasteiger partial charge in [0.2, 0.25) is 0 Å². The monoisotopic (exact) mass is 289 g/mol. The molecular formula is C15H16FN3S.